The SMILES string of the molecule is CN1CC(NCc2ccc(-c3cn(Cc4ccc(-c5nnc(C(F)F)o5)cc4F)nn3)cc2)C1. The molecule has 0 bridgehead atoms. The van der Waals surface area contributed by atoms with E-state index in [1.54, 1.807) is 6.20 Å². The average molecular weight is 469 g/mol. The van der Waals surface area contributed by atoms with Gasteiger partial charge in [0.2, 0.25) is 5.89 Å². The van der Waals surface area contributed by atoms with E-state index < -0.39 is 18.1 Å². The van der Waals surface area contributed by atoms with Crippen molar-refractivity contribution in [3.05, 3.63) is 71.5 Å². The third-order valence-corrected chi connectivity index (χ3v) is 5.71. The van der Waals surface area contributed by atoms with Crippen LogP contribution < -0.4 is 5.32 Å². The second kappa shape index (κ2) is 9.35. The fourth-order valence-corrected chi connectivity index (χ4v) is 3.81. The first-order valence-electron chi connectivity index (χ1n) is 10.8. The van der Waals surface area contributed by atoms with Gasteiger partial charge in [0, 0.05) is 42.4 Å². The van der Waals surface area contributed by atoms with E-state index >= 15 is 0 Å². The molecule has 1 aliphatic heterocycles. The molecule has 2 aromatic carbocycles. The van der Waals surface area contributed by atoms with Gasteiger partial charge in [0.15, 0.2) is 0 Å². The third-order valence-electron chi connectivity index (χ3n) is 5.71. The molecule has 0 saturated carbocycles. The van der Waals surface area contributed by atoms with Gasteiger partial charge in [-0.2, -0.15) is 8.78 Å². The lowest BCUT2D eigenvalue weighted by Crippen LogP contribution is -2.55. The molecule has 0 aliphatic carbocycles. The Morgan fingerprint density at radius 2 is 1.82 bits per heavy atom. The largest absolute Gasteiger partial charge is 0.415 e. The first-order valence-corrected chi connectivity index (χ1v) is 10.8. The molecule has 3 heterocycles. The predicted octanol–water partition coefficient (Wildman–Crippen LogP) is 3.52. The van der Waals surface area contributed by atoms with E-state index in [9.17, 15) is 13.2 Å². The standard InChI is InChI=1S/C23H22F3N7O/c1-32-11-18(12-32)27-9-14-2-4-15(5-3-14)20-13-33(31-28-20)10-17-7-6-16(8-19(17)24)22-29-30-23(34-22)21(25)26/h2-8,13,18,21,27H,9-12H2,1H3. The second-order valence-electron chi connectivity index (χ2n) is 8.35. The van der Waals surface area contributed by atoms with Gasteiger partial charge in [-0.05, 0) is 24.7 Å². The molecule has 1 fully saturated rings. The summed E-state index contributed by atoms with van der Waals surface area (Å²) >= 11 is 0. The van der Waals surface area contributed by atoms with Crippen LogP contribution in [0.25, 0.3) is 22.7 Å². The summed E-state index contributed by atoms with van der Waals surface area (Å²) in [7, 11) is 2.10. The number of likely N-dealkylation sites (tertiary alicyclic amines) is 1. The van der Waals surface area contributed by atoms with Crippen molar-refractivity contribution in [1.82, 2.24) is 35.4 Å². The summed E-state index contributed by atoms with van der Waals surface area (Å²) in [5.41, 5.74) is 3.37. The van der Waals surface area contributed by atoms with Gasteiger partial charge in [-0.25, -0.2) is 9.07 Å². The molecule has 1 aliphatic rings. The molecule has 1 N–H and O–H groups in total. The van der Waals surface area contributed by atoms with Crippen LogP contribution in [0.1, 0.15) is 23.4 Å². The number of alkyl halides is 2. The lowest BCUT2D eigenvalue weighted by Gasteiger charge is -2.36. The van der Waals surface area contributed by atoms with E-state index in [0.29, 0.717) is 17.3 Å². The highest BCUT2D eigenvalue weighted by molar-refractivity contribution is 5.58. The Morgan fingerprint density at radius 3 is 2.50 bits per heavy atom. The third kappa shape index (κ3) is 4.85. The number of hydrogen-bond donors (Lipinski definition) is 1. The number of halogens is 3. The Kier molecular flexibility index (Phi) is 6.12. The minimum Gasteiger partial charge on any atom is -0.415 e. The van der Waals surface area contributed by atoms with Gasteiger partial charge in [0.05, 0.1) is 12.7 Å². The van der Waals surface area contributed by atoms with Crippen LogP contribution in [0.3, 0.4) is 0 Å². The minimum absolute atomic E-state index is 0.156. The van der Waals surface area contributed by atoms with Crippen LogP contribution in [-0.4, -0.2) is 56.3 Å². The van der Waals surface area contributed by atoms with Gasteiger partial charge in [-0.3, -0.25) is 0 Å². The normalized spacial score (nSPS) is 14.6. The maximum Gasteiger partial charge on any atom is 0.314 e. The molecule has 34 heavy (non-hydrogen) atoms. The molecule has 8 nitrogen and oxygen atoms in total. The van der Waals surface area contributed by atoms with Gasteiger partial charge in [0.25, 0.3) is 5.89 Å². The molecule has 176 valence electrons. The molecular weight excluding hydrogens is 447 g/mol. The van der Waals surface area contributed by atoms with Crippen molar-refractivity contribution >= 4 is 0 Å². The quantitative estimate of drug-likeness (QED) is 0.423. The van der Waals surface area contributed by atoms with E-state index in [2.05, 4.69) is 49.9 Å². The van der Waals surface area contributed by atoms with Gasteiger partial charge in [0.1, 0.15) is 11.5 Å². The number of likely N-dealkylation sites (N-methyl/N-ethyl adjacent to an activating group) is 1. The summed E-state index contributed by atoms with van der Waals surface area (Å²) in [5, 5.41) is 18.6. The van der Waals surface area contributed by atoms with Crippen molar-refractivity contribution in [2.75, 3.05) is 20.1 Å². The fourth-order valence-electron chi connectivity index (χ4n) is 3.81. The van der Waals surface area contributed by atoms with Crippen molar-refractivity contribution in [3.8, 4) is 22.7 Å². The molecule has 1 saturated heterocycles. The minimum atomic E-state index is -2.88. The highest BCUT2D eigenvalue weighted by Gasteiger charge is 2.22. The number of benzene rings is 2. The zero-order valence-corrected chi connectivity index (χ0v) is 18.3. The number of rotatable bonds is 8. The topological polar surface area (TPSA) is 84.9 Å². The Labute approximate surface area is 193 Å². The molecule has 0 unspecified atom stereocenters. The van der Waals surface area contributed by atoms with Crippen molar-refractivity contribution in [1.29, 1.82) is 0 Å². The van der Waals surface area contributed by atoms with E-state index in [-0.39, 0.29) is 18.0 Å². The highest BCUT2D eigenvalue weighted by Crippen LogP contribution is 2.25. The first kappa shape index (κ1) is 22.2. The summed E-state index contributed by atoms with van der Waals surface area (Å²) in [6, 6.07) is 12.9. The summed E-state index contributed by atoms with van der Waals surface area (Å²) in [4.78, 5) is 2.27. The molecule has 11 heteroatoms. The van der Waals surface area contributed by atoms with Gasteiger partial charge >= 0.3 is 6.43 Å². The molecule has 0 amide bonds. The van der Waals surface area contributed by atoms with Gasteiger partial charge < -0.3 is 14.6 Å². The Hall–Kier alpha value is -3.57. The molecule has 4 aromatic rings. The van der Waals surface area contributed by atoms with Crippen molar-refractivity contribution in [2.45, 2.75) is 25.6 Å². The molecule has 0 atom stereocenters. The lowest BCUT2D eigenvalue weighted by atomic mass is 10.1. The Balaban J connectivity index is 1.22. The summed E-state index contributed by atoms with van der Waals surface area (Å²) in [5.74, 6) is -1.51. The van der Waals surface area contributed by atoms with Crippen LogP contribution in [0.2, 0.25) is 0 Å². The van der Waals surface area contributed by atoms with Crippen LogP contribution in [0, 0.1) is 5.82 Å². The van der Waals surface area contributed by atoms with E-state index in [4.69, 9.17) is 4.42 Å². The lowest BCUT2D eigenvalue weighted by molar-refractivity contribution is 0.116. The van der Waals surface area contributed by atoms with Crippen LogP contribution in [0.4, 0.5) is 13.2 Å². The summed E-state index contributed by atoms with van der Waals surface area (Å²) in [6.45, 7) is 3.11. The molecule has 0 spiro atoms. The van der Waals surface area contributed by atoms with Crippen LogP contribution >= 0.6 is 0 Å². The monoisotopic (exact) mass is 469 g/mol. The van der Waals surface area contributed by atoms with E-state index in [1.165, 1.54) is 28.4 Å². The number of nitrogens with one attached hydrogen (secondary N) is 1. The summed E-state index contributed by atoms with van der Waals surface area (Å²) < 4.78 is 46.3. The Morgan fingerprint density at radius 1 is 1.06 bits per heavy atom. The molecular formula is C23H22F3N7O. The summed E-state index contributed by atoms with van der Waals surface area (Å²) in [6.07, 6.45) is -1.13. The van der Waals surface area contributed by atoms with Gasteiger partial charge in [-0.1, -0.05) is 35.5 Å². The van der Waals surface area contributed by atoms with Crippen LogP contribution in [-0.2, 0) is 13.1 Å². The maximum absolute atomic E-state index is 14.6. The Bertz CT molecular complexity index is 1270. The maximum atomic E-state index is 14.6. The number of hydrogen-bond acceptors (Lipinski definition) is 7. The fraction of sp³-hybridized carbons (Fsp3) is 0.304. The van der Waals surface area contributed by atoms with Gasteiger partial charge in [-0.15, -0.1) is 15.3 Å². The van der Waals surface area contributed by atoms with E-state index in [0.717, 1.165) is 25.2 Å². The zero-order chi connectivity index (χ0) is 23.7. The predicted molar refractivity (Wildman–Crippen MR) is 117 cm³/mol. The van der Waals surface area contributed by atoms with E-state index in [1.807, 2.05) is 12.1 Å². The number of nitrogens with zero attached hydrogens (tertiary/aromatic N) is 6. The highest BCUT2D eigenvalue weighted by atomic mass is 19.3. The molecule has 0 radical (unpaired) electrons. The zero-order valence-electron chi connectivity index (χ0n) is 18.3. The molecule has 5 rings (SSSR count). The van der Waals surface area contributed by atoms with Crippen molar-refractivity contribution in [2.24, 2.45) is 0 Å². The van der Waals surface area contributed by atoms with Crippen LogP contribution in [0.15, 0.2) is 53.1 Å². The first-order chi connectivity index (χ1) is 16.4. The smallest absolute Gasteiger partial charge is 0.314 e. The molecule has 2 aromatic heterocycles. The number of aromatic nitrogens is 5. The second-order valence-corrected chi connectivity index (χ2v) is 8.35. The van der Waals surface area contributed by atoms with Crippen molar-refractivity contribution < 1.29 is 17.6 Å². The average Bonchev–Trinajstić information content (AvgIpc) is 3.48. The van der Waals surface area contributed by atoms with Crippen LogP contribution in [0.5, 0.6) is 0 Å². The van der Waals surface area contributed by atoms with Crippen molar-refractivity contribution in [3.63, 3.8) is 0 Å².